The second kappa shape index (κ2) is 5.48. The first kappa shape index (κ1) is 15.3. The summed E-state index contributed by atoms with van der Waals surface area (Å²) in [5.74, 6) is -3.74. The molecule has 1 unspecified atom stereocenters. The highest BCUT2D eigenvalue weighted by atomic mass is 35.5. The molecule has 0 radical (unpaired) electrons. The molecule has 0 aliphatic carbocycles. The zero-order valence-electron chi connectivity index (χ0n) is 9.58. The molecule has 0 heterocycles. The SMILES string of the molecule is CC(C(=O)O)C(=O)Nc1cc(C(F)(F)F)ccc1Cl. The number of aliphatic carboxylic acids is 1. The van der Waals surface area contributed by atoms with Crippen molar-refractivity contribution in [1.82, 2.24) is 0 Å². The highest BCUT2D eigenvalue weighted by Gasteiger charge is 2.31. The number of rotatable bonds is 3. The number of carboxylic acid groups (broad SMARTS) is 1. The number of halogens is 4. The average Bonchev–Trinajstić information content (AvgIpc) is 2.29. The van der Waals surface area contributed by atoms with Crippen molar-refractivity contribution in [1.29, 1.82) is 0 Å². The Hall–Kier alpha value is -1.76. The van der Waals surface area contributed by atoms with Gasteiger partial charge in [0, 0.05) is 0 Å². The van der Waals surface area contributed by atoms with E-state index in [0.717, 1.165) is 19.1 Å². The molecule has 0 saturated carbocycles. The summed E-state index contributed by atoms with van der Waals surface area (Å²) in [4.78, 5) is 22.0. The average molecular weight is 296 g/mol. The van der Waals surface area contributed by atoms with E-state index in [4.69, 9.17) is 16.7 Å². The van der Waals surface area contributed by atoms with E-state index < -0.39 is 29.5 Å². The van der Waals surface area contributed by atoms with Crippen molar-refractivity contribution in [3.63, 3.8) is 0 Å². The second-order valence-corrected chi connectivity index (χ2v) is 4.15. The van der Waals surface area contributed by atoms with Crippen LogP contribution in [0, 0.1) is 5.92 Å². The zero-order chi connectivity index (χ0) is 14.8. The normalized spacial score (nSPS) is 12.9. The van der Waals surface area contributed by atoms with Crippen molar-refractivity contribution >= 4 is 29.2 Å². The van der Waals surface area contributed by atoms with E-state index in [-0.39, 0.29) is 10.7 Å². The lowest BCUT2D eigenvalue weighted by Crippen LogP contribution is -2.27. The molecule has 104 valence electrons. The van der Waals surface area contributed by atoms with Crippen LogP contribution >= 0.6 is 11.6 Å². The van der Waals surface area contributed by atoms with Gasteiger partial charge < -0.3 is 10.4 Å². The minimum absolute atomic E-state index is 0.112. The number of hydrogen-bond acceptors (Lipinski definition) is 2. The zero-order valence-corrected chi connectivity index (χ0v) is 10.3. The third kappa shape index (κ3) is 3.85. The molecule has 1 atom stereocenters. The summed E-state index contributed by atoms with van der Waals surface area (Å²) in [5.41, 5.74) is -1.27. The Balaban J connectivity index is 3.01. The van der Waals surface area contributed by atoms with E-state index >= 15 is 0 Å². The van der Waals surface area contributed by atoms with Gasteiger partial charge >= 0.3 is 12.1 Å². The largest absolute Gasteiger partial charge is 0.481 e. The highest BCUT2D eigenvalue weighted by Crippen LogP contribution is 2.33. The molecule has 2 N–H and O–H groups in total. The smallest absolute Gasteiger partial charge is 0.416 e. The van der Waals surface area contributed by atoms with Gasteiger partial charge in [-0.15, -0.1) is 0 Å². The fourth-order valence-corrected chi connectivity index (χ4v) is 1.32. The molecule has 0 spiro atoms. The quantitative estimate of drug-likeness (QED) is 0.842. The van der Waals surface area contributed by atoms with Gasteiger partial charge in [-0.05, 0) is 25.1 Å². The van der Waals surface area contributed by atoms with Crippen molar-refractivity contribution in [2.45, 2.75) is 13.1 Å². The predicted molar refractivity (Wildman–Crippen MR) is 61.9 cm³/mol. The van der Waals surface area contributed by atoms with Crippen LogP contribution in [0.2, 0.25) is 5.02 Å². The van der Waals surface area contributed by atoms with Crippen LogP contribution in [0.25, 0.3) is 0 Å². The van der Waals surface area contributed by atoms with Crippen LogP contribution in [0.1, 0.15) is 12.5 Å². The molecule has 0 fully saturated rings. The summed E-state index contributed by atoms with van der Waals surface area (Å²) in [6, 6.07) is 2.39. The molecule has 8 heteroatoms. The van der Waals surface area contributed by atoms with E-state index in [1.54, 1.807) is 0 Å². The summed E-state index contributed by atoms with van der Waals surface area (Å²) in [6.45, 7) is 1.11. The maximum atomic E-state index is 12.5. The first-order chi connectivity index (χ1) is 8.62. The molecule has 1 aromatic carbocycles. The van der Waals surface area contributed by atoms with E-state index in [9.17, 15) is 22.8 Å². The van der Waals surface area contributed by atoms with Crippen LogP contribution in [0.4, 0.5) is 18.9 Å². The molecule has 0 bridgehead atoms. The Labute approximate surface area is 111 Å². The van der Waals surface area contributed by atoms with E-state index in [0.29, 0.717) is 6.07 Å². The third-order valence-electron chi connectivity index (χ3n) is 2.32. The van der Waals surface area contributed by atoms with Gasteiger partial charge in [-0.1, -0.05) is 11.6 Å². The molecule has 1 amide bonds. The molecule has 0 aromatic heterocycles. The molecule has 19 heavy (non-hydrogen) atoms. The number of nitrogens with one attached hydrogen (secondary N) is 1. The molecule has 1 aromatic rings. The first-order valence-electron chi connectivity index (χ1n) is 5.03. The Morgan fingerprint density at radius 1 is 1.37 bits per heavy atom. The van der Waals surface area contributed by atoms with E-state index in [2.05, 4.69) is 5.32 Å². The Morgan fingerprint density at radius 3 is 2.42 bits per heavy atom. The molecular weight excluding hydrogens is 287 g/mol. The summed E-state index contributed by atoms with van der Waals surface area (Å²) in [6.07, 6.45) is -4.58. The van der Waals surface area contributed by atoms with Crippen molar-refractivity contribution in [2.24, 2.45) is 5.92 Å². The van der Waals surface area contributed by atoms with Crippen LogP contribution in [0.3, 0.4) is 0 Å². The highest BCUT2D eigenvalue weighted by molar-refractivity contribution is 6.33. The van der Waals surface area contributed by atoms with E-state index in [1.807, 2.05) is 0 Å². The number of anilines is 1. The fraction of sp³-hybridized carbons (Fsp3) is 0.273. The van der Waals surface area contributed by atoms with Gasteiger partial charge in [0.25, 0.3) is 0 Å². The monoisotopic (exact) mass is 295 g/mol. The van der Waals surface area contributed by atoms with Crippen LogP contribution in [0.15, 0.2) is 18.2 Å². The van der Waals surface area contributed by atoms with Crippen molar-refractivity contribution in [3.05, 3.63) is 28.8 Å². The van der Waals surface area contributed by atoms with Gasteiger partial charge in [0.2, 0.25) is 5.91 Å². The van der Waals surface area contributed by atoms with Gasteiger partial charge in [0.15, 0.2) is 0 Å². The molecule has 1 rings (SSSR count). The van der Waals surface area contributed by atoms with Crippen molar-refractivity contribution < 1.29 is 27.9 Å². The fourth-order valence-electron chi connectivity index (χ4n) is 1.15. The number of carbonyl (C=O) groups is 2. The van der Waals surface area contributed by atoms with Crippen LogP contribution in [-0.2, 0) is 15.8 Å². The number of hydrogen-bond donors (Lipinski definition) is 2. The molecule has 0 aliphatic rings. The van der Waals surface area contributed by atoms with Crippen molar-refractivity contribution in [2.75, 3.05) is 5.32 Å². The standard InChI is InChI=1S/C11H9ClF3NO3/c1-5(10(18)19)9(17)16-8-4-6(11(13,14)15)2-3-7(8)12/h2-5H,1H3,(H,16,17)(H,18,19). The van der Waals surface area contributed by atoms with Crippen LogP contribution in [0.5, 0.6) is 0 Å². The minimum atomic E-state index is -4.58. The van der Waals surface area contributed by atoms with Gasteiger partial charge in [0.1, 0.15) is 5.92 Å². The second-order valence-electron chi connectivity index (χ2n) is 3.74. The van der Waals surface area contributed by atoms with Crippen LogP contribution < -0.4 is 5.32 Å². The summed E-state index contributed by atoms with van der Waals surface area (Å²) >= 11 is 5.65. The summed E-state index contributed by atoms with van der Waals surface area (Å²) in [7, 11) is 0. The maximum absolute atomic E-state index is 12.5. The summed E-state index contributed by atoms with van der Waals surface area (Å²) in [5, 5.41) is 10.5. The Morgan fingerprint density at radius 2 is 1.95 bits per heavy atom. The number of alkyl halides is 3. The lowest BCUT2D eigenvalue weighted by molar-refractivity contribution is -0.144. The Kier molecular flexibility index (Phi) is 4.41. The van der Waals surface area contributed by atoms with Gasteiger partial charge in [-0.2, -0.15) is 13.2 Å². The Bertz CT molecular complexity index is 516. The van der Waals surface area contributed by atoms with E-state index in [1.165, 1.54) is 0 Å². The molecule has 4 nitrogen and oxygen atoms in total. The lowest BCUT2D eigenvalue weighted by atomic mass is 10.1. The topological polar surface area (TPSA) is 66.4 Å². The predicted octanol–water partition coefficient (Wildman–Crippen LogP) is 3.02. The lowest BCUT2D eigenvalue weighted by Gasteiger charge is -2.12. The third-order valence-corrected chi connectivity index (χ3v) is 2.64. The first-order valence-corrected chi connectivity index (χ1v) is 5.41. The van der Waals surface area contributed by atoms with Gasteiger partial charge in [0.05, 0.1) is 16.3 Å². The van der Waals surface area contributed by atoms with Gasteiger partial charge in [-0.25, -0.2) is 0 Å². The van der Waals surface area contributed by atoms with Gasteiger partial charge in [-0.3, -0.25) is 9.59 Å². The number of amides is 1. The molecular formula is C11H9ClF3NO3. The summed E-state index contributed by atoms with van der Waals surface area (Å²) < 4.78 is 37.4. The van der Waals surface area contributed by atoms with Crippen LogP contribution in [-0.4, -0.2) is 17.0 Å². The molecule has 0 saturated heterocycles. The number of carbonyl (C=O) groups excluding carboxylic acids is 1. The van der Waals surface area contributed by atoms with Crippen molar-refractivity contribution in [3.8, 4) is 0 Å². The number of carboxylic acids is 1. The molecule has 0 aliphatic heterocycles. The maximum Gasteiger partial charge on any atom is 0.416 e. The number of benzene rings is 1. The minimum Gasteiger partial charge on any atom is -0.481 e.